The first-order valence-electron chi connectivity index (χ1n) is 12.1. The summed E-state index contributed by atoms with van der Waals surface area (Å²) in [4.78, 5) is 28.8. The van der Waals surface area contributed by atoms with Gasteiger partial charge in [0.05, 0.1) is 17.9 Å². The van der Waals surface area contributed by atoms with Crippen molar-refractivity contribution < 1.29 is 14.6 Å². The summed E-state index contributed by atoms with van der Waals surface area (Å²) in [5, 5.41) is 12.3. The van der Waals surface area contributed by atoms with E-state index in [2.05, 4.69) is 31.0 Å². The molecule has 1 saturated carbocycles. The third-order valence-corrected chi connectivity index (χ3v) is 8.07. The van der Waals surface area contributed by atoms with Crippen molar-refractivity contribution in [1.29, 1.82) is 0 Å². The van der Waals surface area contributed by atoms with Gasteiger partial charge in [0.25, 0.3) is 0 Å². The molecule has 2 aromatic heterocycles. The van der Waals surface area contributed by atoms with E-state index in [1.54, 1.807) is 17.5 Å². The molecular weight excluding hydrogens is 448 g/mol. The minimum Gasteiger partial charge on any atom is -0.493 e. The zero-order valence-electron chi connectivity index (χ0n) is 19.6. The van der Waals surface area contributed by atoms with Gasteiger partial charge in [-0.05, 0) is 42.4 Å². The quantitative estimate of drug-likeness (QED) is 0.447. The molecule has 0 saturated heterocycles. The molecule has 178 valence electrons. The van der Waals surface area contributed by atoms with Crippen molar-refractivity contribution in [2.24, 2.45) is 11.8 Å². The minimum absolute atomic E-state index is 0.0539. The molecule has 1 aliphatic carbocycles. The Morgan fingerprint density at radius 1 is 1.24 bits per heavy atom. The third kappa shape index (κ3) is 4.29. The highest BCUT2D eigenvalue weighted by molar-refractivity contribution is 7.13. The lowest BCUT2D eigenvalue weighted by atomic mass is 9.86. The molecule has 1 N–H and O–H groups in total. The summed E-state index contributed by atoms with van der Waals surface area (Å²) in [5.41, 5.74) is 3.08. The lowest BCUT2D eigenvalue weighted by molar-refractivity contribution is 0.0694. The minimum atomic E-state index is -1.19. The van der Waals surface area contributed by atoms with Gasteiger partial charge in [0.15, 0.2) is 5.43 Å². The number of carbonyl (C=O) groups is 1. The summed E-state index contributed by atoms with van der Waals surface area (Å²) in [7, 11) is 0. The molecule has 6 nitrogen and oxygen atoms in total. The van der Waals surface area contributed by atoms with Gasteiger partial charge in [-0.2, -0.15) is 0 Å². The van der Waals surface area contributed by atoms with Crippen molar-refractivity contribution in [2.45, 2.75) is 58.4 Å². The number of carboxylic acids is 1. The van der Waals surface area contributed by atoms with Crippen molar-refractivity contribution in [3.63, 3.8) is 0 Å². The van der Waals surface area contributed by atoms with Crippen molar-refractivity contribution in [3.8, 4) is 27.6 Å². The second kappa shape index (κ2) is 9.37. The molecule has 3 aromatic rings. The SMILES string of the molecule is CC(C)C1Cc2cc(OCCC3CCCC3)c(-c3nccs3)cc2-c2cc(=O)c(C(=O)O)cn21. The highest BCUT2D eigenvalue weighted by atomic mass is 32.1. The number of hydrogen-bond acceptors (Lipinski definition) is 5. The van der Waals surface area contributed by atoms with Gasteiger partial charge in [-0.15, -0.1) is 11.3 Å². The first-order chi connectivity index (χ1) is 16.4. The van der Waals surface area contributed by atoms with Gasteiger partial charge in [0, 0.05) is 35.4 Å². The van der Waals surface area contributed by atoms with Gasteiger partial charge in [0.1, 0.15) is 16.3 Å². The topological polar surface area (TPSA) is 81.4 Å². The maximum atomic E-state index is 12.6. The predicted molar refractivity (Wildman–Crippen MR) is 134 cm³/mol. The second-order valence-corrected chi connectivity index (χ2v) is 10.7. The van der Waals surface area contributed by atoms with Gasteiger partial charge in [-0.1, -0.05) is 39.5 Å². The Balaban J connectivity index is 1.59. The van der Waals surface area contributed by atoms with Crippen LogP contribution in [0.1, 0.15) is 67.9 Å². The molecule has 2 aliphatic rings. The van der Waals surface area contributed by atoms with E-state index in [9.17, 15) is 14.7 Å². The second-order valence-electron chi connectivity index (χ2n) is 9.79. The van der Waals surface area contributed by atoms with Crippen molar-refractivity contribution in [1.82, 2.24) is 9.55 Å². The van der Waals surface area contributed by atoms with Crippen LogP contribution in [0.5, 0.6) is 5.75 Å². The Morgan fingerprint density at radius 3 is 2.71 bits per heavy atom. The van der Waals surface area contributed by atoms with Crippen LogP contribution in [0, 0.1) is 11.8 Å². The number of aromatic nitrogens is 2. The molecule has 0 bridgehead atoms. The Bertz CT molecular complexity index is 1260. The van der Waals surface area contributed by atoms with Crippen LogP contribution in [0.3, 0.4) is 0 Å². The summed E-state index contributed by atoms with van der Waals surface area (Å²) < 4.78 is 8.34. The molecule has 1 atom stereocenters. The molecule has 5 rings (SSSR count). The number of pyridine rings is 1. The molecule has 34 heavy (non-hydrogen) atoms. The van der Waals surface area contributed by atoms with E-state index in [1.165, 1.54) is 37.9 Å². The first kappa shape index (κ1) is 22.8. The van der Waals surface area contributed by atoms with Gasteiger partial charge < -0.3 is 14.4 Å². The van der Waals surface area contributed by atoms with E-state index >= 15 is 0 Å². The number of benzene rings is 1. The lowest BCUT2D eigenvalue weighted by Gasteiger charge is -2.34. The molecule has 0 radical (unpaired) electrons. The highest BCUT2D eigenvalue weighted by Gasteiger charge is 2.29. The van der Waals surface area contributed by atoms with Gasteiger partial charge in [-0.3, -0.25) is 4.79 Å². The molecule has 1 aromatic carbocycles. The number of fused-ring (bicyclic) bond motifs is 3. The third-order valence-electron chi connectivity index (χ3n) is 7.27. The summed E-state index contributed by atoms with van der Waals surface area (Å²) in [5.74, 6) is 0.671. The average molecular weight is 479 g/mol. The fourth-order valence-corrected chi connectivity index (χ4v) is 6.05. The smallest absolute Gasteiger partial charge is 0.341 e. The molecule has 0 spiro atoms. The van der Waals surface area contributed by atoms with Crippen LogP contribution in [-0.2, 0) is 6.42 Å². The average Bonchev–Trinajstić information content (AvgIpc) is 3.52. The summed E-state index contributed by atoms with van der Waals surface area (Å²) in [6.07, 6.45) is 10.4. The van der Waals surface area contributed by atoms with E-state index in [-0.39, 0.29) is 17.5 Å². The van der Waals surface area contributed by atoms with E-state index in [0.29, 0.717) is 6.61 Å². The van der Waals surface area contributed by atoms with Gasteiger partial charge in [0.2, 0.25) is 0 Å². The molecule has 0 amide bonds. The van der Waals surface area contributed by atoms with Crippen LogP contribution in [0.4, 0.5) is 0 Å². The van der Waals surface area contributed by atoms with Crippen LogP contribution in [0.2, 0.25) is 0 Å². The monoisotopic (exact) mass is 478 g/mol. The number of ether oxygens (including phenoxy) is 1. The molecule has 1 unspecified atom stereocenters. The number of nitrogens with zero attached hydrogens (tertiary/aromatic N) is 2. The van der Waals surface area contributed by atoms with E-state index in [1.807, 2.05) is 9.95 Å². The predicted octanol–water partition coefficient (Wildman–Crippen LogP) is 6.05. The maximum Gasteiger partial charge on any atom is 0.341 e. The first-order valence-corrected chi connectivity index (χ1v) is 13.0. The summed E-state index contributed by atoms with van der Waals surface area (Å²) in [6.45, 7) is 4.94. The van der Waals surface area contributed by atoms with E-state index in [4.69, 9.17) is 4.74 Å². The molecular formula is C27H30N2O4S. The fourth-order valence-electron chi connectivity index (χ4n) is 5.39. The standard InChI is InChI=1S/C27H30N2O4S/c1-16(2)22-11-18-12-25(33-9-7-17-5-3-4-6-17)20(26-28-8-10-34-26)13-19(18)23-14-24(30)21(27(31)32)15-29(22)23/h8,10,12-17,22H,3-7,9,11H2,1-2H3,(H,31,32). The molecule has 1 fully saturated rings. The Morgan fingerprint density at radius 2 is 2.03 bits per heavy atom. The normalized spacial score (nSPS) is 17.6. The van der Waals surface area contributed by atoms with Gasteiger partial charge in [-0.25, -0.2) is 9.78 Å². The van der Waals surface area contributed by atoms with Crippen molar-refractivity contribution in [2.75, 3.05) is 6.61 Å². The molecule has 3 heterocycles. The number of aromatic carboxylic acids is 1. The zero-order chi connectivity index (χ0) is 23.8. The maximum absolute atomic E-state index is 12.6. The zero-order valence-corrected chi connectivity index (χ0v) is 20.4. The van der Waals surface area contributed by atoms with E-state index in [0.717, 1.165) is 51.9 Å². The highest BCUT2D eigenvalue weighted by Crippen LogP contribution is 2.43. The van der Waals surface area contributed by atoms with Crippen LogP contribution in [0.25, 0.3) is 21.8 Å². The molecule has 7 heteroatoms. The number of thiazole rings is 1. The van der Waals surface area contributed by atoms with Crippen LogP contribution < -0.4 is 10.2 Å². The summed E-state index contributed by atoms with van der Waals surface area (Å²) >= 11 is 1.56. The van der Waals surface area contributed by atoms with Crippen molar-refractivity contribution in [3.05, 3.63) is 57.3 Å². The number of hydrogen-bond donors (Lipinski definition) is 1. The van der Waals surface area contributed by atoms with Crippen LogP contribution >= 0.6 is 11.3 Å². The largest absolute Gasteiger partial charge is 0.493 e. The number of rotatable bonds is 7. The summed E-state index contributed by atoms with van der Waals surface area (Å²) in [6, 6.07) is 5.72. The van der Waals surface area contributed by atoms with E-state index < -0.39 is 11.4 Å². The van der Waals surface area contributed by atoms with Crippen LogP contribution in [0.15, 0.2) is 40.8 Å². The lowest BCUT2D eigenvalue weighted by Crippen LogP contribution is -2.28. The van der Waals surface area contributed by atoms with Crippen LogP contribution in [-0.4, -0.2) is 27.2 Å². The molecule has 1 aliphatic heterocycles. The Hall–Kier alpha value is -2.93. The number of carboxylic acid groups (broad SMARTS) is 1. The van der Waals surface area contributed by atoms with Gasteiger partial charge >= 0.3 is 5.97 Å². The Labute approximate surface area is 203 Å². The van der Waals surface area contributed by atoms with Crippen molar-refractivity contribution >= 4 is 17.3 Å². The fraction of sp³-hybridized carbons (Fsp3) is 0.444. The Kier molecular flexibility index (Phi) is 6.30.